The molecule has 3 aromatic rings. The number of ether oxygens (including phenoxy) is 1. The average Bonchev–Trinajstić information content (AvgIpc) is 3.12. The number of hydrogen-bond acceptors (Lipinski definition) is 7. The summed E-state index contributed by atoms with van der Waals surface area (Å²) in [6.07, 6.45) is 6.28. The highest BCUT2D eigenvalue weighted by atomic mass is 16.5. The molecule has 1 amide bonds. The monoisotopic (exact) mass is 395 g/mol. The maximum Gasteiger partial charge on any atom is 0.262 e. The van der Waals surface area contributed by atoms with Crippen LogP contribution in [0, 0.1) is 6.92 Å². The highest BCUT2D eigenvalue weighted by Crippen LogP contribution is 2.23. The summed E-state index contributed by atoms with van der Waals surface area (Å²) in [5.41, 5.74) is 1.97. The van der Waals surface area contributed by atoms with E-state index in [1.54, 1.807) is 18.5 Å². The number of aromatic nitrogens is 4. The van der Waals surface area contributed by atoms with E-state index in [0.29, 0.717) is 23.3 Å². The summed E-state index contributed by atoms with van der Waals surface area (Å²) >= 11 is 0. The van der Waals surface area contributed by atoms with Crippen LogP contribution in [-0.2, 0) is 0 Å². The topological polar surface area (TPSA) is 96.7 Å². The number of imidazole rings is 1. The Morgan fingerprint density at radius 3 is 3.00 bits per heavy atom. The van der Waals surface area contributed by atoms with Gasteiger partial charge in [0.15, 0.2) is 5.65 Å². The zero-order chi connectivity index (χ0) is 20.4. The van der Waals surface area contributed by atoms with Gasteiger partial charge in [0.2, 0.25) is 5.88 Å². The zero-order valence-corrected chi connectivity index (χ0v) is 16.8. The van der Waals surface area contributed by atoms with Gasteiger partial charge in [0.05, 0.1) is 25.2 Å². The summed E-state index contributed by atoms with van der Waals surface area (Å²) < 4.78 is 7.24. The van der Waals surface area contributed by atoms with Crippen molar-refractivity contribution >= 4 is 23.2 Å². The van der Waals surface area contributed by atoms with Gasteiger partial charge in [-0.3, -0.25) is 4.79 Å². The number of nitrogens with zero attached hydrogens (tertiary/aromatic N) is 5. The number of rotatable bonds is 5. The fourth-order valence-electron chi connectivity index (χ4n) is 3.52. The molecule has 1 saturated heterocycles. The smallest absolute Gasteiger partial charge is 0.262 e. The second-order valence-corrected chi connectivity index (χ2v) is 7.11. The number of piperazine rings is 1. The van der Waals surface area contributed by atoms with Crippen LogP contribution in [0.3, 0.4) is 0 Å². The Balaban J connectivity index is 1.54. The first-order valence-electron chi connectivity index (χ1n) is 9.73. The van der Waals surface area contributed by atoms with Crippen LogP contribution in [0.4, 0.5) is 11.6 Å². The fourth-order valence-corrected chi connectivity index (χ4v) is 3.52. The first-order chi connectivity index (χ1) is 14.1. The van der Waals surface area contributed by atoms with Gasteiger partial charge in [-0.2, -0.15) is 4.98 Å². The van der Waals surface area contributed by atoms with Crippen LogP contribution in [-0.4, -0.2) is 58.0 Å². The summed E-state index contributed by atoms with van der Waals surface area (Å²) in [5, 5.41) is 6.30. The van der Waals surface area contributed by atoms with E-state index in [4.69, 9.17) is 4.74 Å². The molecular formula is C20H25N7O2. The molecule has 1 aliphatic rings. The lowest BCUT2D eigenvalue weighted by Gasteiger charge is -2.34. The number of nitrogens with one attached hydrogen (secondary N) is 2. The lowest BCUT2D eigenvalue weighted by atomic mass is 10.1. The Kier molecular flexibility index (Phi) is 5.30. The van der Waals surface area contributed by atoms with Gasteiger partial charge in [0.25, 0.3) is 5.91 Å². The Labute approximate surface area is 169 Å². The minimum Gasteiger partial charge on any atom is -0.480 e. The van der Waals surface area contributed by atoms with Crippen molar-refractivity contribution in [2.45, 2.75) is 26.3 Å². The Hall–Kier alpha value is -3.20. The molecule has 0 unspecified atom stereocenters. The molecule has 0 aliphatic carbocycles. The number of methoxy groups -OCH3 is 1. The summed E-state index contributed by atoms with van der Waals surface area (Å²) in [6, 6.07) is 4.05. The van der Waals surface area contributed by atoms with Crippen LogP contribution in [0.2, 0.25) is 0 Å². The van der Waals surface area contributed by atoms with Gasteiger partial charge in [-0.1, -0.05) is 6.92 Å². The highest BCUT2D eigenvalue weighted by Gasteiger charge is 2.22. The Morgan fingerprint density at radius 1 is 1.34 bits per heavy atom. The first-order valence-corrected chi connectivity index (χ1v) is 9.73. The van der Waals surface area contributed by atoms with Crippen LogP contribution >= 0.6 is 0 Å². The largest absolute Gasteiger partial charge is 0.480 e. The molecule has 1 fully saturated rings. The van der Waals surface area contributed by atoms with Crippen molar-refractivity contribution in [3.05, 3.63) is 42.0 Å². The number of anilines is 2. The van der Waals surface area contributed by atoms with Gasteiger partial charge < -0.3 is 24.7 Å². The Morgan fingerprint density at radius 2 is 2.21 bits per heavy atom. The summed E-state index contributed by atoms with van der Waals surface area (Å²) in [4.78, 5) is 28.2. The third kappa shape index (κ3) is 4.00. The lowest BCUT2D eigenvalue weighted by Crippen LogP contribution is -2.50. The van der Waals surface area contributed by atoms with E-state index >= 15 is 0 Å². The van der Waals surface area contributed by atoms with Gasteiger partial charge in [0, 0.05) is 31.9 Å². The van der Waals surface area contributed by atoms with Crippen molar-refractivity contribution in [2.75, 3.05) is 37.0 Å². The average molecular weight is 395 g/mol. The molecule has 9 heteroatoms. The van der Waals surface area contributed by atoms with Crippen molar-refractivity contribution in [1.29, 1.82) is 0 Å². The molecule has 3 aromatic heterocycles. The van der Waals surface area contributed by atoms with Gasteiger partial charge in [-0.15, -0.1) is 0 Å². The third-order valence-corrected chi connectivity index (χ3v) is 5.06. The Bertz CT molecular complexity index is 1030. The second-order valence-electron chi connectivity index (χ2n) is 7.11. The molecule has 2 N–H and O–H groups in total. The molecule has 1 aliphatic heterocycles. The van der Waals surface area contributed by atoms with Crippen molar-refractivity contribution in [2.24, 2.45) is 0 Å². The van der Waals surface area contributed by atoms with Gasteiger partial charge in [-0.05, 0) is 25.5 Å². The molecule has 4 heterocycles. The molecule has 0 bridgehead atoms. The normalized spacial score (nSPS) is 16.8. The maximum atomic E-state index is 12.8. The highest BCUT2D eigenvalue weighted by molar-refractivity contribution is 6.05. The predicted octanol–water partition coefficient (Wildman–Crippen LogP) is 1.88. The lowest BCUT2D eigenvalue weighted by molar-refractivity contribution is 0.102. The standard InChI is InChI=1S/C20H25N7O2/c1-4-14-11-26(8-7-21-14)17-6-5-15(20(25-17)29-3)19(28)24-16-12-27-10-13(2)23-18(27)9-22-16/h5-6,9-10,12,14,21H,4,7-8,11H2,1-3H3,(H,24,28)/t14-/m1/s1. The number of carbonyl (C=O) groups excluding carboxylic acids is 1. The molecule has 0 spiro atoms. The minimum atomic E-state index is -0.323. The SMILES string of the molecule is CC[C@@H]1CN(c2ccc(C(=O)Nc3cn4cc(C)nc4cn3)c(OC)n2)CCN1. The van der Waals surface area contributed by atoms with Gasteiger partial charge in [0.1, 0.15) is 17.2 Å². The van der Waals surface area contributed by atoms with Crippen molar-refractivity contribution in [3.63, 3.8) is 0 Å². The zero-order valence-electron chi connectivity index (χ0n) is 16.8. The predicted molar refractivity (Wildman–Crippen MR) is 111 cm³/mol. The summed E-state index contributed by atoms with van der Waals surface area (Å²) in [5.74, 6) is 1.22. The van der Waals surface area contributed by atoms with Crippen molar-refractivity contribution in [3.8, 4) is 5.88 Å². The third-order valence-electron chi connectivity index (χ3n) is 5.06. The summed E-state index contributed by atoms with van der Waals surface area (Å²) in [7, 11) is 1.52. The van der Waals surface area contributed by atoms with E-state index < -0.39 is 0 Å². The van der Waals surface area contributed by atoms with E-state index in [-0.39, 0.29) is 5.91 Å². The van der Waals surface area contributed by atoms with Crippen LogP contribution in [0.15, 0.2) is 30.7 Å². The maximum absolute atomic E-state index is 12.8. The molecule has 0 aromatic carbocycles. The van der Waals surface area contributed by atoms with Gasteiger partial charge in [-0.25, -0.2) is 9.97 Å². The molecule has 4 rings (SSSR count). The fraction of sp³-hybridized carbons (Fsp3) is 0.400. The molecule has 0 saturated carbocycles. The number of hydrogen-bond donors (Lipinski definition) is 2. The quantitative estimate of drug-likeness (QED) is 0.681. The molecule has 1 atom stereocenters. The minimum absolute atomic E-state index is 0.297. The molecular weight excluding hydrogens is 370 g/mol. The second kappa shape index (κ2) is 8.04. The molecule has 152 valence electrons. The summed E-state index contributed by atoms with van der Waals surface area (Å²) in [6.45, 7) is 6.73. The molecule has 0 radical (unpaired) electrons. The van der Waals surface area contributed by atoms with Gasteiger partial charge >= 0.3 is 0 Å². The van der Waals surface area contributed by atoms with Crippen LogP contribution in [0.1, 0.15) is 29.4 Å². The van der Waals surface area contributed by atoms with E-state index in [0.717, 1.165) is 43.2 Å². The van der Waals surface area contributed by atoms with Crippen LogP contribution in [0.5, 0.6) is 5.88 Å². The number of pyridine rings is 1. The number of aryl methyl sites for hydroxylation is 1. The molecule has 9 nitrogen and oxygen atoms in total. The van der Waals surface area contributed by atoms with Crippen LogP contribution in [0.25, 0.3) is 5.65 Å². The molecule has 29 heavy (non-hydrogen) atoms. The van der Waals surface area contributed by atoms with Crippen molar-refractivity contribution in [1.82, 2.24) is 24.7 Å². The van der Waals surface area contributed by atoms with Crippen LogP contribution < -0.4 is 20.3 Å². The van der Waals surface area contributed by atoms with E-state index in [9.17, 15) is 4.79 Å². The van der Waals surface area contributed by atoms with Crippen molar-refractivity contribution < 1.29 is 9.53 Å². The number of fused-ring (bicyclic) bond motifs is 1. The van der Waals surface area contributed by atoms with E-state index in [1.807, 2.05) is 23.6 Å². The number of amides is 1. The van der Waals surface area contributed by atoms with E-state index in [2.05, 4.69) is 37.4 Å². The number of carbonyl (C=O) groups is 1. The first kappa shape index (κ1) is 19.1. The van der Waals surface area contributed by atoms with E-state index in [1.165, 1.54) is 7.11 Å².